The normalized spacial score (nSPS) is 18.6. The lowest BCUT2D eigenvalue weighted by Crippen LogP contribution is -3.21. The first-order valence-electron chi connectivity index (χ1n) is 11.0. The van der Waals surface area contributed by atoms with Gasteiger partial charge in [-0.1, -0.05) is 23.9 Å². The average molecular weight is 428 g/mol. The van der Waals surface area contributed by atoms with Crippen molar-refractivity contribution in [2.24, 2.45) is 0 Å². The van der Waals surface area contributed by atoms with Crippen LogP contribution >= 0.6 is 11.8 Å². The molecule has 0 unspecified atom stereocenters. The van der Waals surface area contributed by atoms with E-state index in [1.807, 2.05) is 29.2 Å². The molecule has 1 amide bonds. The molecule has 5 rings (SSSR count). The largest absolute Gasteiger partial charge is 0.451 e. The summed E-state index contributed by atoms with van der Waals surface area (Å²) in [4.78, 5) is 26.9. The van der Waals surface area contributed by atoms with Gasteiger partial charge in [-0.3, -0.25) is 4.79 Å². The van der Waals surface area contributed by atoms with Crippen molar-refractivity contribution in [3.63, 3.8) is 0 Å². The number of nitrogens with one attached hydrogen (secondary N) is 2. The number of amides is 1. The Morgan fingerprint density at radius 3 is 2.57 bits per heavy atom. The van der Waals surface area contributed by atoms with Crippen molar-refractivity contribution in [3.05, 3.63) is 30.6 Å². The minimum absolute atomic E-state index is 0.187. The van der Waals surface area contributed by atoms with Crippen LogP contribution in [0.2, 0.25) is 0 Å². The molecule has 2 saturated heterocycles. The van der Waals surface area contributed by atoms with Crippen molar-refractivity contribution in [2.75, 3.05) is 58.1 Å². The predicted octanol–water partition coefficient (Wildman–Crippen LogP) is -0.126. The molecule has 0 aliphatic carbocycles. The van der Waals surface area contributed by atoms with E-state index < -0.39 is 0 Å². The lowest BCUT2D eigenvalue weighted by molar-refractivity contribution is -0.954. The fourth-order valence-corrected chi connectivity index (χ4v) is 5.46. The number of hydrogen-bond donors (Lipinski definition) is 2. The Balaban J connectivity index is 1.15. The number of carbonyl (C=O) groups is 1. The third-order valence-corrected chi connectivity index (χ3v) is 7.38. The number of quaternary nitrogens is 2. The van der Waals surface area contributed by atoms with Gasteiger partial charge in [0.2, 0.25) is 5.91 Å². The summed E-state index contributed by atoms with van der Waals surface area (Å²) in [5, 5.41) is 1.72. The van der Waals surface area contributed by atoms with Crippen LogP contribution in [0.3, 0.4) is 0 Å². The smallest absolute Gasteiger partial charge is 0.233 e. The van der Waals surface area contributed by atoms with Gasteiger partial charge in [-0.2, -0.15) is 0 Å². The van der Waals surface area contributed by atoms with E-state index >= 15 is 0 Å². The summed E-state index contributed by atoms with van der Waals surface area (Å²) in [6.45, 7) is 9.03. The molecule has 2 aliphatic heterocycles. The Bertz CT molecular complexity index is 1020. The van der Waals surface area contributed by atoms with Crippen LogP contribution in [-0.2, 0) is 4.79 Å². The van der Waals surface area contributed by atoms with Crippen LogP contribution in [0.4, 0.5) is 0 Å². The molecule has 4 heterocycles. The Morgan fingerprint density at radius 2 is 1.77 bits per heavy atom. The van der Waals surface area contributed by atoms with Crippen LogP contribution in [0.25, 0.3) is 22.1 Å². The van der Waals surface area contributed by atoms with Crippen LogP contribution in [0, 0.1) is 0 Å². The van der Waals surface area contributed by atoms with Crippen molar-refractivity contribution < 1.29 is 19.0 Å². The van der Waals surface area contributed by atoms with Gasteiger partial charge in [-0.05, 0) is 12.1 Å². The lowest BCUT2D eigenvalue weighted by atomic mass is 10.2. The summed E-state index contributed by atoms with van der Waals surface area (Å²) >= 11 is 1.45. The number of carbonyl (C=O) groups excluding carboxylic acids is 1. The monoisotopic (exact) mass is 427 g/mol. The average Bonchev–Trinajstić information content (AvgIpc) is 3.44. The standard InChI is InChI=1S/C22H27N5O2S/c28-19(27-13-11-26(12-14-27)10-9-25-7-3-4-8-25)15-30-22-21-20(23-16-24-22)17-5-1-2-6-18(17)29-21/h1-2,5-6,16H,3-4,7-15H2/p+2. The first kappa shape index (κ1) is 19.8. The fraction of sp³-hybridized carbons (Fsp3) is 0.500. The van der Waals surface area contributed by atoms with Crippen molar-refractivity contribution in [1.29, 1.82) is 0 Å². The van der Waals surface area contributed by atoms with E-state index in [4.69, 9.17) is 4.42 Å². The summed E-state index contributed by atoms with van der Waals surface area (Å²) in [6, 6.07) is 7.86. The lowest BCUT2D eigenvalue weighted by Gasteiger charge is -2.32. The summed E-state index contributed by atoms with van der Waals surface area (Å²) in [7, 11) is 0. The van der Waals surface area contributed by atoms with E-state index in [9.17, 15) is 4.79 Å². The molecule has 2 aliphatic rings. The highest BCUT2D eigenvalue weighted by molar-refractivity contribution is 8.00. The molecule has 158 valence electrons. The maximum atomic E-state index is 12.8. The van der Waals surface area contributed by atoms with E-state index in [2.05, 4.69) is 9.97 Å². The zero-order chi connectivity index (χ0) is 20.3. The van der Waals surface area contributed by atoms with Gasteiger partial charge in [-0.15, -0.1) is 0 Å². The summed E-state index contributed by atoms with van der Waals surface area (Å²) in [5.41, 5.74) is 2.29. The number of piperazine rings is 1. The highest BCUT2D eigenvalue weighted by Gasteiger charge is 2.26. The zero-order valence-electron chi connectivity index (χ0n) is 17.2. The second kappa shape index (κ2) is 8.91. The Kier molecular flexibility index (Phi) is 5.88. The van der Waals surface area contributed by atoms with Crippen LogP contribution in [0.15, 0.2) is 40.0 Å². The van der Waals surface area contributed by atoms with Crippen molar-refractivity contribution in [1.82, 2.24) is 14.9 Å². The highest BCUT2D eigenvalue weighted by atomic mass is 32.2. The van der Waals surface area contributed by atoms with Gasteiger partial charge in [0.15, 0.2) is 5.58 Å². The molecule has 7 nitrogen and oxygen atoms in total. The van der Waals surface area contributed by atoms with Crippen molar-refractivity contribution >= 4 is 39.7 Å². The number of thioether (sulfide) groups is 1. The topological polar surface area (TPSA) is 68.1 Å². The van der Waals surface area contributed by atoms with E-state index in [-0.39, 0.29) is 5.91 Å². The number of rotatable bonds is 6. The first-order chi connectivity index (χ1) is 14.8. The predicted molar refractivity (Wildman–Crippen MR) is 117 cm³/mol. The summed E-state index contributed by atoms with van der Waals surface area (Å²) in [5.74, 6) is 0.572. The number of benzene rings is 1. The van der Waals surface area contributed by atoms with Gasteiger partial charge < -0.3 is 19.1 Å². The molecular weight excluding hydrogens is 398 g/mol. The van der Waals surface area contributed by atoms with Gasteiger partial charge >= 0.3 is 0 Å². The fourth-order valence-electron chi connectivity index (χ4n) is 4.63. The van der Waals surface area contributed by atoms with E-state index in [0.29, 0.717) is 11.3 Å². The van der Waals surface area contributed by atoms with Crippen molar-refractivity contribution in [3.8, 4) is 0 Å². The number of nitrogens with zero attached hydrogens (tertiary/aromatic N) is 3. The second-order valence-corrected chi connectivity index (χ2v) is 9.30. The van der Waals surface area contributed by atoms with Gasteiger partial charge in [0.25, 0.3) is 0 Å². The van der Waals surface area contributed by atoms with E-state index in [0.717, 1.165) is 47.7 Å². The number of para-hydroxylation sites is 1. The molecule has 2 N–H and O–H groups in total. The molecule has 30 heavy (non-hydrogen) atoms. The van der Waals surface area contributed by atoms with E-state index in [1.54, 1.807) is 16.1 Å². The molecule has 0 bridgehead atoms. The molecule has 3 aromatic rings. The van der Waals surface area contributed by atoms with Gasteiger partial charge in [-0.25, -0.2) is 9.97 Å². The number of likely N-dealkylation sites (tertiary alicyclic amines) is 1. The molecule has 0 radical (unpaired) electrons. The van der Waals surface area contributed by atoms with Gasteiger partial charge in [0, 0.05) is 18.2 Å². The maximum absolute atomic E-state index is 12.8. The van der Waals surface area contributed by atoms with Crippen LogP contribution in [0.5, 0.6) is 0 Å². The minimum atomic E-state index is 0.187. The molecule has 8 heteroatoms. The van der Waals surface area contributed by atoms with Crippen LogP contribution in [-0.4, -0.2) is 78.9 Å². The molecular formula is C22H29N5O2S+2. The molecule has 0 atom stereocenters. The highest BCUT2D eigenvalue weighted by Crippen LogP contribution is 2.32. The molecule has 0 spiro atoms. The second-order valence-electron chi connectivity index (χ2n) is 8.33. The van der Waals surface area contributed by atoms with Gasteiger partial charge in [0.1, 0.15) is 35.5 Å². The van der Waals surface area contributed by atoms with Crippen LogP contribution in [0.1, 0.15) is 12.8 Å². The number of fused-ring (bicyclic) bond motifs is 3. The summed E-state index contributed by atoms with van der Waals surface area (Å²) < 4.78 is 5.97. The molecule has 1 aromatic carbocycles. The third-order valence-electron chi connectivity index (χ3n) is 6.42. The third kappa shape index (κ3) is 4.17. The van der Waals surface area contributed by atoms with Crippen molar-refractivity contribution in [2.45, 2.75) is 17.9 Å². The number of aromatic nitrogens is 2. The van der Waals surface area contributed by atoms with E-state index in [1.165, 1.54) is 50.8 Å². The van der Waals surface area contributed by atoms with Gasteiger partial charge in [0.05, 0.1) is 45.0 Å². The minimum Gasteiger partial charge on any atom is -0.451 e. The zero-order valence-corrected chi connectivity index (χ0v) is 18.0. The Labute approximate surface area is 180 Å². The number of hydrogen-bond acceptors (Lipinski definition) is 5. The quantitative estimate of drug-likeness (QED) is 0.424. The maximum Gasteiger partial charge on any atom is 0.233 e. The Hall–Kier alpha value is -2.16. The molecule has 2 fully saturated rings. The summed E-state index contributed by atoms with van der Waals surface area (Å²) in [6.07, 6.45) is 4.33. The molecule has 0 saturated carbocycles. The first-order valence-corrected chi connectivity index (χ1v) is 12.0. The Morgan fingerprint density at radius 1 is 1.03 bits per heavy atom. The number of furan rings is 1. The SMILES string of the molecule is O=C(CSc1ncnc2c1oc1ccccc12)N1CC[NH+](CC[NH+]2CCCC2)CC1. The van der Waals surface area contributed by atoms with Crippen LogP contribution < -0.4 is 9.80 Å². The molecule has 2 aromatic heterocycles.